The quantitative estimate of drug-likeness (QED) is 0.159. The molecule has 0 amide bonds. The third kappa shape index (κ3) is 10.4. The van der Waals surface area contributed by atoms with Crippen molar-refractivity contribution < 1.29 is 50.9 Å². The number of hydrogen-bond acceptors (Lipinski definition) is 5. The van der Waals surface area contributed by atoms with E-state index in [0.717, 1.165) is 55.1 Å². The fourth-order valence-electron chi connectivity index (χ4n) is 5.60. The third-order valence-electron chi connectivity index (χ3n) is 8.24. The summed E-state index contributed by atoms with van der Waals surface area (Å²) in [5, 5.41) is 12.9. The zero-order valence-corrected chi connectivity index (χ0v) is 34.5. The molecule has 4 aromatic carbocycles. The Morgan fingerprint density at radius 1 is 0.552 bits per heavy atom. The minimum atomic E-state index is -0.278. The number of hydrogen-bond donors (Lipinski definition) is 0. The smallest absolute Gasteiger partial charge is 0.481 e. The average Bonchev–Trinajstić information content (AvgIpc) is 3.83. The average molecular weight is 1120 g/mol. The zero-order chi connectivity index (χ0) is 38.7. The van der Waals surface area contributed by atoms with Gasteiger partial charge in [-0.1, -0.05) is 103 Å². The Hall–Kier alpha value is -6.70. The van der Waals surface area contributed by atoms with Gasteiger partial charge in [-0.3, -0.25) is 8.78 Å². The van der Waals surface area contributed by atoms with Crippen LogP contribution >= 0.6 is 0 Å². The normalized spacial score (nSPS) is 9.93. The molecule has 10 rings (SSSR count). The van der Waals surface area contributed by atoms with Crippen molar-refractivity contribution in [1.82, 2.24) is 29.9 Å². The first-order valence-electron chi connectivity index (χ1n) is 17.1. The molecule has 6 heterocycles. The number of benzene rings is 4. The Morgan fingerprint density at radius 2 is 1.03 bits per heavy atom. The second-order valence-corrected chi connectivity index (χ2v) is 11.9. The number of para-hydroxylation sites is 2. The molecule has 10 aromatic rings. The summed E-state index contributed by atoms with van der Waals surface area (Å²) in [7, 11) is 0. The Balaban J connectivity index is 0.000000146. The molecule has 0 aliphatic heterocycles. The summed E-state index contributed by atoms with van der Waals surface area (Å²) in [6.07, 6.45) is 3.40. The topological polar surface area (TPSA) is 108 Å². The molecule has 0 radical (unpaired) electrons. The van der Waals surface area contributed by atoms with Crippen LogP contribution in [0.15, 0.2) is 158 Å². The molecular formula is C46H26F2N8Pt2. The number of pyridine rings is 4. The maximum atomic E-state index is 12.6. The SMILES string of the molecule is Fc1c[c-]c(-c2ccccn2)cc1.Fc1c[c-]c(-c2ccccn2)cc1.N#Cc1ccc2c(n1)[n-]c1ccccc12.[C-]#[N+]c1ccc2c(n1)[n-]c1ccccc12.[Pt+2].[Pt+2]. The van der Waals surface area contributed by atoms with Crippen molar-refractivity contribution in [1.29, 1.82) is 5.26 Å². The number of aromatic nitrogens is 6. The van der Waals surface area contributed by atoms with Crippen LogP contribution < -0.4 is 9.97 Å². The summed E-state index contributed by atoms with van der Waals surface area (Å²) >= 11 is 0. The molecule has 12 heteroatoms. The van der Waals surface area contributed by atoms with Gasteiger partial charge in [0.1, 0.15) is 0 Å². The van der Waals surface area contributed by atoms with E-state index >= 15 is 0 Å². The molecule has 8 nitrogen and oxygen atoms in total. The van der Waals surface area contributed by atoms with E-state index in [1.54, 1.807) is 36.7 Å². The summed E-state index contributed by atoms with van der Waals surface area (Å²) in [6.45, 7) is 6.89. The van der Waals surface area contributed by atoms with Gasteiger partial charge in [0.25, 0.3) is 0 Å². The molecule has 0 aliphatic carbocycles. The Bertz CT molecular complexity index is 2760. The number of fused-ring (bicyclic) bond motifs is 6. The molecule has 6 aromatic heterocycles. The van der Waals surface area contributed by atoms with E-state index in [1.807, 2.05) is 103 Å². The van der Waals surface area contributed by atoms with E-state index in [4.69, 9.17) is 11.8 Å². The van der Waals surface area contributed by atoms with Crippen LogP contribution in [0.25, 0.3) is 71.2 Å². The van der Waals surface area contributed by atoms with Gasteiger partial charge in [0.15, 0.2) is 0 Å². The summed E-state index contributed by atoms with van der Waals surface area (Å²) in [6, 6.07) is 50.6. The first kappa shape index (κ1) is 42.4. The molecule has 0 fully saturated rings. The summed E-state index contributed by atoms with van der Waals surface area (Å²) < 4.78 is 25.1. The summed E-state index contributed by atoms with van der Waals surface area (Å²) in [5.41, 5.74) is 6.80. The van der Waals surface area contributed by atoms with Crippen molar-refractivity contribution in [2.24, 2.45) is 0 Å². The molecule has 0 atom stereocenters. The molecule has 0 saturated carbocycles. The molecule has 284 valence electrons. The van der Waals surface area contributed by atoms with Crippen molar-refractivity contribution in [2.45, 2.75) is 0 Å². The van der Waals surface area contributed by atoms with E-state index in [9.17, 15) is 8.78 Å². The Kier molecular flexibility index (Phi) is 15.0. The summed E-state index contributed by atoms with van der Waals surface area (Å²) in [5.74, 6) is -0.162. The van der Waals surface area contributed by atoms with E-state index in [0.29, 0.717) is 22.8 Å². The van der Waals surface area contributed by atoms with Gasteiger partial charge in [0.05, 0.1) is 11.9 Å². The van der Waals surface area contributed by atoms with Crippen LogP contribution in [0.1, 0.15) is 5.69 Å². The van der Waals surface area contributed by atoms with Crippen LogP contribution in [0.2, 0.25) is 0 Å². The van der Waals surface area contributed by atoms with E-state index in [1.165, 1.54) is 24.3 Å². The Morgan fingerprint density at radius 3 is 1.48 bits per heavy atom. The molecule has 0 aliphatic rings. The van der Waals surface area contributed by atoms with Crippen LogP contribution in [0.3, 0.4) is 0 Å². The maximum Gasteiger partial charge on any atom is 2.00 e. The monoisotopic (exact) mass is 1120 g/mol. The maximum absolute atomic E-state index is 12.6. The van der Waals surface area contributed by atoms with Gasteiger partial charge in [0, 0.05) is 29.7 Å². The van der Waals surface area contributed by atoms with Gasteiger partial charge >= 0.3 is 42.1 Å². The van der Waals surface area contributed by atoms with Gasteiger partial charge < -0.3 is 34.7 Å². The zero-order valence-electron chi connectivity index (χ0n) is 30.0. The van der Waals surface area contributed by atoms with Crippen molar-refractivity contribution in [2.75, 3.05) is 0 Å². The van der Waals surface area contributed by atoms with Gasteiger partial charge in [0.2, 0.25) is 0 Å². The molecule has 0 saturated heterocycles. The standard InChI is InChI=1S/2C12H6N3.2C11H7FN.2Pt/c1-13-11-7-6-9-8-4-2-3-5-10(8)14-12(9)15-11;13-7-8-5-6-10-9-3-1-2-4-11(9)15-12(10)14-8;2*12-10-6-4-9(5-7-10)11-3-1-2-8-13-11;;/h2-7H;1-6H;2*1-4,6-8H;;/q4*-1;2*+2. The van der Waals surface area contributed by atoms with E-state index in [2.05, 4.69) is 46.9 Å². The molecule has 0 bridgehead atoms. The van der Waals surface area contributed by atoms with Gasteiger partial charge in [-0.25, -0.2) is 0 Å². The van der Waals surface area contributed by atoms with Crippen molar-refractivity contribution in [3.05, 3.63) is 199 Å². The van der Waals surface area contributed by atoms with E-state index in [-0.39, 0.29) is 53.8 Å². The number of nitrogens with zero attached hydrogens (tertiary/aromatic N) is 8. The predicted octanol–water partition coefficient (Wildman–Crippen LogP) is 10.5. The van der Waals surface area contributed by atoms with E-state index < -0.39 is 0 Å². The molecule has 58 heavy (non-hydrogen) atoms. The largest absolute Gasteiger partial charge is 2.00 e. The van der Waals surface area contributed by atoms with Crippen molar-refractivity contribution in [3.8, 4) is 28.6 Å². The van der Waals surface area contributed by atoms with Gasteiger partial charge in [-0.05, 0) is 67.8 Å². The minimum Gasteiger partial charge on any atom is -0.481 e. The van der Waals surface area contributed by atoms with Crippen LogP contribution in [-0.2, 0) is 42.1 Å². The van der Waals surface area contributed by atoms with Crippen molar-refractivity contribution >= 4 is 49.7 Å². The number of halogens is 2. The molecule has 0 N–H and O–H groups in total. The van der Waals surface area contributed by atoms with Crippen LogP contribution in [0, 0.1) is 41.7 Å². The second-order valence-electron chi connectivity index (χ2n) is 11.9. The fourth-order valence-corrected chi connectivity index (χ4v) is 5.60. The van der Waals surface area contributed by atoms with Crippen LogP contribution in [-0.4, -0.2) is 19.9 Å². The minimum absolute atomic E-state index is 0. The number of nitriles is 1. The summed E-state index contributed by atoms with van der Waals surface area (Å²) in [4.78, 5) is 28.6. The first-order chi connectivity index (χ1) is 27.5. The second kappa shape index (κ2) is 20.5. The number of rotatable bonds is 2. The molecule has 0 unspecified atom stereocenters. The molecule has 0 spiro atoms. The molecular weight excluding hydrogens is 1090 g/mol. The fraction of sp³-hybridized carbons (Fsp3) is 0. The Labute approximate surface area is 361 Å². The van der Waals surface area contributed by atoms with Gasteiger partial charge in [-0.15, -0.1) is 59.7 Å². The van der Waals surface area contributed by atoms with Crippen molar-refractivity contribution in [3.63, 3.8) is 0 Å². The van der Waals surface area contributed by atoms with Crippen LogP contribution in [0.4, 0.5) is 14.6 Å². The first-order valence-corrected chi connectivity index (χ1v) is 17.1. The van der Waals surface area contributed by atoms with Crippen LogP contribution in [0.5, 0.6) is 0 Å². The van der Waals surface area contributed by atoms with Gasteiger partial charge in [-0.2, -0.15) is 5.26 Å². The third-order valence-corrected chi connectivity index (χ3v) is 8.24. The predicted molar refractivity (Wildman–Crippen MR) is 213 cm³/mol.